The first-order valence-corrected chi connectivity index (χ1v) is 5.88. The van der Waals surface area contributed by atoms with Crippen LogP contribution in [0.3, 0.4) is 0 Å². The lowest BCUT2D eigenvalue weighted by molar-refractivity contribution is 0.0599. The summed E-state index contributed by atoms with van der Waals surface area (Å²) in [5.41, 5.74) is 0.140. The number of hydrogen-bond acceptors (Lipinski definition) is 4. The number of phenols is 1. The molecule has 0 bridgehead atoms. The molecule has 108 valence electrons. The molecule has 2 rings (SSSR count). The van der Waals surface area contributed by atoms with Gasteiger partial charge < -0.3 is 14.9 Å². The summed E-state index contributed by atoms with van der Waals surface area (Å²) < 4.78 is 18.5. The molecule has 2 aromatic rings. The third-order valence-electron chi connectivity index (χ3n) is 2.87. The van der Waals surface area contributed by atoms with E-state index >= 15 is 0 Å². The Morgan fingerprint density at radius 2 is 1.81 bits per heavy atom. The van der Waals surface area contributed by atoms with Crippen LogP contribution in [-0.2, 0) is 4.74 Å². The quantitative estimate of drug-likeness (QED) is 0.849. The lowest BCUT2D eigenvalue weighted by Gasteiger charge is -2.07. The van der Waals surface area contributed by atoms with Gasteiger partial charge in [0.15, 0.2) is 0 Å². The number of carbonyl (C=O) groups is 2. The Hall–Kier alpha value is -2.89. The maximum absolute atomic E-state index is 14.1. The van der Waals surface area contributed by atoms with Crippen molar-refractivity contribution in [1.29, 1.82) is 0 Å². The van der Waals surface area contributed by atoms with Crippen molar-refractivity contribution in [1.82, 2.24) is 0 Å². The Bertz CT molecular complexity index is 724. The number of aromatic carboxylic acids is 1. The van der Waals surface area contributed by atoms with E-state index in [4.69, 9.17) is 5.11 Å². The number of rotatable bonds is 3. The second-order valence-electron chi connectivity index (χ2n) is 4.26. The van der Waals surface area contributed by atoms with E-state index in [9.17, 15) is 19.1 Å². The summed E-state index contributed by atoms with van der Waals surface area (Å²) in [5, 5.41) is 18.4. The van der Waals surface area contributed by atoms with E-state index in [0.29, 0.717) is 0 Å². The van der Waals surface area contributed by atoms with Gasteiger partial charge in [-0.05, 0) is 35.9 Å². The monoisotopic (exact) mass is 290 g/mol. The molecule has 0 unspecified atom stereocenters. The Labute approximate surface area is 119 Å². The fourth-order valence-electron chi connectivity index (χ4n) is 1.88. The summed E-state index contributed by atoms with van der Waals surface area (Å²) in [6.45, 7) is 0. The van der Waals surface area contributed by atoms with Gasteiger partial charge in [-0.25, -0.2) is 14.0 Å². The highest BCUT2D eigenvalue weighted by molar-refractivity contribution is 5.91. The molecule has 0 radical (unpaired) electrons. The molecule has 2 aromatic carbocycles. The average molecular weight is 290 g/mol. The van der Waals surface area contributed by atoms with E-state index in [-0.39, 0.29) is 28.0 Å². The van der Waals surface area contributed by atoms with Gasteiger partial charge in [0.2, 0.25) is 0 Å². The van der Waals surface area contributed by atoms with Gasteiger partial charge in [0.25, 0.3) is 0 Å². The van der Waals surface area contributed by atoms with Crippen LogP contribution in [0.15, 0.2) is 36.4 Å². The minimum absolute atomic E-state index is 0.0392. The van der Waals surface area contributed by atoms with Crippen molar-refractivity contribution in [3.8, 4) is 16.9 Å². The van der Waals surface area contributed by atoms with E-state index in [2.05, 4.69) is 4.74 Å². The lowest BCUT2D eigenvalue weighted by Crippen LogP contribution is -2.02. The highest BCUT2D eigenvalue weighted by atomic mass is 19.1. The largest absolute Gasteiger partial charge is 0.508 e. The summed E-state index contributed by atoms with van der Waals surface area (Å²) in [7, 11) is 1.18. The first-order valence-electron chi connectivity index (χ1n) is 5.88. The van der Waals surface area contributed by atoms with Crippen LogP contribution in [-0.4, -0.2) is 29.3 Å². The number of hydrogen-bond donors (Lipinski definition) is 2. The van der Waals surface area contributed by atoms with Crippen molar-refractivity contribution >= 4 is 11.9 Å². The number of carboxylic acids is 1. The first kappa shape index (κ1) is 14.5. The Morgan fingerprint density at radius 3 is 2.38 bits per heavy atom. The topological polar surface area (TPSA) is 83.8 Å². The standard InChI is InChI=1S/C15H11FO5/c1-21-15(20)8-2-3-12(13(16)7-8)9-4-10(14(18)19)6-11(17)5-9/h2-7,17H,1H3,(H,18,19). The molecule has 0 saturated heterocycles. The van der Waals surface area contributed by atoms with Crippen LogP contribution in [0.25, 0.3) is 11.1 Å². The zero-order chi connectivity index (χ0) is 15.6. The zero-order valence-corrected chi connectivity index (χ0v) is 11.0. The molecule has 5 nitrogen and oxygen atoms in total. The Morgan fingerprint density at radius 1 is 1.10 bits per heavy atom. The SMILES string of the molecule is COC(=O)c1ccc(-c2cc(O)cc(C(=O)O)c2)c(F)c1. The van der Waals surface area contributed by atoms with E-state index in [0.717, 1.165) is 12.1 Å². The molecule has 6 heteroatoms. The number of esters is 1. The van der Waals surface area contributed by atoms with E-state index in [1.807, 2.05) is 0 Å². The number of halogens is 1. The molecule has 2 N–H and O–H groups in total. The van der Waals surface area contributed by atoms with Crippen molar-refractivity contribution in [3.05, 3.63) is 53.3 Å². The highest BCUT2D eigenvalue weighted by Gasteiger charge is 2.14. The normalized spacial score (nSPS) is 10.2. The van der Waals surface area contributed by atoms with Crippen molar-refractivity contribution in [2.45, 2.75) is 0 Å². The van der Waals surface area contributed by atoms with Crippen LogP contribution in [0.5, 0.6) is 5.75 Å². The second kappa shape index (κ2) is 5.62. The molecule has 0 aliphatic heterocycles. The molecule has 0 spiro atoms. The van der Waals surface area contributed by atoms with Crippen molar-refractivity contribution in [3.63, 3.8) is 0 Å². The van der Waals surface area contributed by atoms with E-state index < -0.39 is 17.8 Å². The number of ether oxygens (including phenoxy) is 1. The molecule has 21 heavy (non-hydrogen) atoms. The molecular formula is C15H11FO5. The summed E-state index contributed by atoms with van der Waals surface area (Å²) in [6.07, 6.45) is 0. The molecule has 0 aromatic heterocycles. The molecule has 0 atom stereocenters. The van der Waals surface area contributed by atoms with Crippen LogP contribution in [0.4, 0.5) is 4.39 Å². The Kier molecular flexibility index (Phi) is 3.89. The third-order valence-corrected chi connectivity index (χ3v) is 2.87. The van der Waals surface area contributed by atoms with Crippen molar-refractivity contribution in [2.75, 3.05) is 7.11 Å². The van der Waals surface area contributed by atoms with Crippen molar-refractivity contribution < 1.29 is 28.9 Å². The van der Waals surface area contributed by atoms with E-state index in [1.165, 1.54) is 31.4 Å². The van der Waals surface area contributed by atoms with Crippen LogP contribution in [0, 0.1) is 5.82 Å². The maximum Gasteiger partial charge on any atom is 0.337 e. The van der Waals surface area contributed by atoms with Gasteiger partial charge in [0.05, 0.1) is 18.2 Å². The fraction of sp³-hybridized carbons (Fsp3) is 0.0667. The van der Waals surface area contributed by atoms with Gasteiger partial charge in [0, 0.05) is 5.56 Å². The molecule has 0 saturated carbocycles. The van der Waals surface area contributed by atoms with E-state index in [1.54, 1.807) is 0 Å². The van der Waals surface area contributed by atoms with Gasteiger partial charge in [-0.1, -0.05) is 6.07 Å². The number of aromatic hydroxyl groups is 1. The van der Waals surface area contributed by atoms with Crippen LogP contribution in [0.1, 0.15) is 20.7 Å². The number of benzene rings is 2. The van der Waals surface area contributed by atoms with Gasteiger partial charge >= 0.3 is 11.9 Å². The summed E-state index contributed by atoms with van der Waals surface area (Å²) in [5.74, 6) is -2.93. The summed E-state index contributed by atoms with van der Waals surface area (Å²) in [6, 6.07) is 7.20. The fourth-order valence-corrected chi connectivity index (χ4v) is 1.88. The molecular weight excluding hydrogens is 279 g/mol. The van der Waals surface area contributed by atoms with Crippen LogP contribution >= 0.6 is 0 Å². The zero-order valence-electron chi connectivity index (χ0n) is 11.0. The first-order chi connectivity index (χ1) is 9.92. The van der Waals surface area contributed by atoms with Crippen LogP contribution < -0.4 is 0 Å². The molecule has 0 heterocycles. The smallest absolute Gasteiger partial charge is 0.337 e. The molecule has 0 aliphatic rings. The highest BCUT2D eigenvalue weighted by Crippen LogP contribution is 2.28. The summed E-state index contributed by atoms with van der Waals surface area (Å²) >= 11 is 0. The number of carboxylic acid groups (broad SMARTS) is 1. The predicted octanol–water partition coefficient (Wildman–Crippen LogP) is 2.68. The van der Waals surface area contributed by atoms with Crippen LogP contribution in [0.2, 0.25) is 0 Å². The molecule has 0 aliphatic carbocycles. The minimum Gasteiger partial charge on any atom is -0.508 e. The molecule has 0 fully saturated rings. The van der Waals surface area contributed by atoms with Gasteiger partial charge in [-0.15, -0.1) is 0 Å². The Balaban J connectivity index is 2.52. The third kappa shape index (κ3) is 3.00. The van der Waals surface area contributed by atoms with Crippen molar-refractivity contribution in [2.24, 2.45) is 0 Å². The predicted molar refractivity (Wildman–Crippen MR) is 71.8 cm³/mol. The van der Waals surface area contributed by atoms with Gasteiger partial charge in [-0.3, -0.25) is 0 Å². The summed E-state index contributed by atoms with van der Waals surface area (Å²) in [4.78, 5) is 22.2. The van der Waals surface area contributed by atoms with Gasteiger partial charge in [0.1, 0.15) is 11.6 Å². The second-order valence-corrected chi connectivity index (χ2v) is 4.26. The van der Waals surface area contributed by atoms with Gasteiger partial charge in [-0.2, -0.15) is 0 Å². The number of phenolic OH excluding ortho intramolecular Hbond substituents is 1. The minimum atomic E-state index is -1.24. The maximum atomic E-state index is 14.1. The molecule has 0 amide bonds. The number of methoxy groups -OCH3 is 1. The lowest BCUT2D eigenvalue weighted by atomic mass is 10.0. The average Bonchev–Trinajstić information content (AvgIpc) is 2.45. The number of carbonyl (C=O) groups excluding carboxylic acids is 1.